The van der Waals surface area contributed by atoms with Crippen molar-refractivity contribution in [3.63, 3.8) is 0 Å². The van der Waals surface area contributed by atoms with Crippen LogP contribution in [0.1, 0.15) is 56.6 Å². The summed E-state index contributed by atoms with van der Waals surface area (Å²) in [5.74, 6) is -1.39. The van der Waals surface area contributed by atoms with E-state index in [9.17, 15) is 14.2 Å². The van der Waals surface area contributed by atoms with Gasteiger partial charge in [0.05, 0.1) is 29.7 Å². The van der Waals surface area contributed by atoms with Crippen molar-refractivity contribution in [2.24, 2.45) is 22.2 Å². The largest absolute Gasteiger partial charge is 0.480 e. The fourth-order valence-electron chi connectivity index (χ4n) is 4.51. The van der Waals surface area contributed by atoms with Crippen LogP contribution in [-0.4, -0.2) is 87.6 Å². The molecule has 272 valence electrons. The average Bonchev–Trinajstić information content (AvgIpc) is 3.80. The van der Waals surface area contributed by atoms with Crippen LogP contribution in [0.2, 0.25) is 0 Å². The number of phosphoric ester groups is 1. The van der Waals surface area contributed by atoms with Crippen LogP contribution in [0.5, 0.6) is 0 Å². The van der Waals surface area contributed by atoms with Crippen LogP contribution in [0.4, 0.5) is 5.69 Å². The Balaban J connectivity index is 0.000000448. The number of phosphoric acid groups is 1. The topological polar surface area (TPSA) is 294 Å². The van der Waals surface area contributed by atoms with Gasteiger partial charge < -0.3 is 42.1 Å². The standard InChI is InChI=1S/C22H24N7O6PS.C6H14N4O2.CH4/c1-2-34-16-7-15(8-16)29-11-18(20(27-29)17-5-3-4-6-23-17)25-21(30)19-12-37-22(26-19)14-9-24-28(10-14)13-35-36(31,32)33;7-4(5(11)12)2-1-3-10-6(8)9;/h3-6,9-12,15-16H,2,7-8,13H2,1H3,(H,25,30)(H2,31,32,33);4H,1-3,7H2,(H,11,12)(H4,8,9,10);1H4. The summed E-state index contributed by atoms with van der Waals surface area (Å²) in [5, 5.41) is 22.2. The smallest absolute Gasteiger partial charge is 0.471 e. The maximum atomic E-state index is 13.1. The molecule has 0 aliphatic heterocycles. The highest BCUT2D eigenvalue weighted by molar-refractivity contribution is 7.46. The summed E-state index contributed by atoms with van der Waals surface area (Å²) < 4.78 is 24.1. The van der Waals surface area contributed by atoms with Crippen LogP contribution in [0, 0.1) is 0 Å². The molecular weight excluding hydrogens is 693 g/mol. The Morgan fingerprint density at radius 3 is 2.64 bits per heavy atom. The molecule has 5 rings (SSSR count). The van der Waals surface area contributed by atoms with Crippen molar-refractivity contribution in [3.05, 3.63) is 54.1 Å². The molecule has 1 aliphatic carbocycles. The molecule has 0 saturated heterocycles. The van der Waals surface area contributed by atoms with Gasteiger partial charge in [-0.15, -0.1) is 11.3 Å². The minimum absolute atomic E-state index is 0. The number of ether oxygens (including phenoxy) is 1. The Labute approximate surface area is 291 Å². The van der Waals surface area contributed by atoms with Crippen molar-refractivity contribution in [1.29, 1.82) is 0 Å². The van der Waals surface area contributed by atoms with Gasteiger partial charge in [-0.1, -0.05) is 13.5 Å². The van der Waals surface area contributed by atoms with Crippen LogP contribution in [0.25, 0.3) is 22.0 Å². The number of carboxylic acids is 1. The first-order chi connectivity index (χ1) is 23.3. The number of hydrogen-bond donors (Lipinski definition) is 7. The molecule has 0 spiro atoms. The van der Waals surface area contributed by atoms with Crippen molar-refractivity contribution in [1.82, 2.24) is 29.5 Å². The van der Waals surface area contributed by atoms with E-state index in [0.717, 1.165) is 12.8 Å². The minimum Gasteiger partial charge on any atom is -0.480 e. The highest BCUT2D eigenvalue weighted by Crippen LogP contribution is 2.37. The van der Waals surface area contributed by atoms with Crippen LogP contribution < -0.4 is 22.5 Å². The molecule has 1 amide bonds. The van der Waals surface area contributed by atoms with E-state index in [2.05, 4.69) is 29.9 Å². The fourth-order valence-corrected chi connectivity index (χ4v) is 5.55. The van der Waals surface area contributed by atoms with Gasteiger partial charge in [0.2, 0.25) is 0 Å². The van der Waals surface area contributed by atoms with Crippen LogP contribution in [-0.2, 0) is 25.4 Å². The average molecular weight is 736 g/mol. The monoisotopic (exact) mass is 735 g/mol. The summed E-state index contributed by atoms with van der Waals surface area (Å²) >= 11 is 1.24. The van der Waals surface area contributed by atoms with Gasteiger partial charge >= 0.3 is 13.8 Å². The summed E-state index contributed by atoms with van der Waals surface area (Å²) in [7, 11) is -4.62. The zero-order valence-corrected chi connectivity index (χ0v) is 28.1. The third-order valence-electron chi connectivity index (χ3n) is 6.99. The predicted molar refractivity (Wildman–Crippen MR) is 186 cm³/mol. The normalized spacial score (nSPS) is 15.8. The maximum Gasteiger partial charge on any atom is 0.471 e. The van der Waals surface area contributed by atoms with E-state index in [1.165, 1.54) is 28.4 Å². The Kier molecular flexibility index (Phi) is 14.7. The lowest BCUT2D eigenvalue weighted by molar-refractivity contribution is -0.138. The first-order valence-electron chi connectivity index (χ1n) is 15.0. The van der Waals surface area contributed by atoms with Crippen LogP contribution >= 0.6 is 19.2 Å². The molecule has 0 radical (unpaired) electrons. The van der Waals surface area contributed by atoms with Crippen LogP contribution in [0.3, 0.4) is 0 Å². The second kappa shape index (κ2) is 18.4. The third-order valence-corrected chi connectivity index (χ3v) is 8.34. The molecule has 1 atom stereocenters. The number of nitrogens with two attached hydrogens (primary N) is 3. The van der Waals surface area contributed by atoms with Gasteiger partial charge in [0.1, 0.15) is 22.4 Å². The van der Waals surface area contributed by atoms with Gasteiger partial charge in [-0.2, -0.15) is 10.2 Å². The molecule has 1 saturated carbocycles. The molecule has 4 aromatic heterocycles. The summed E-state index contributed by atoms with van der Waals surface area (Å²) in [4.78, 5) is 53.5. The lowest BCUT2D eigenvalue weighted by atomic mass is 9.89. The quantitative estimate of drug-likeness (QED) is 0.0399. The van der Waals surface area contributed by atoms with E-state index in [0.29, 0.717) is 53.6 Å². The fraction of sp³-hybridized carbons (Fsp3) is 0.414. The molecular formula is C29H42N11O8PS. The summed E-state index contributed by atoms with van der Waals surface area (Å²) in [6, 6.07) is 4.87. The van der Waals surface area contributed by atoms with Gasteiger partial charge in [0.15, 0.2) is 12.7 Å². The zero-order chi connectivity index (χ0) is 35.6. The number of nitrogens with zero attached hydrogens (tertiary/aromatic N) is 7. The zero-order valence-electron chi connectivity index (χ0n) is 26.4. The van der Waals surface area contributed by atoms with Gasteiger partial charge in [-0.05, 0) is 44.7 Å². The Bertz CT molecular complexity index is 1760. The lowest BCUT2D eigenvalue weighted by Gasteiger charge is -2.34. The number of aliphatic imine (C=N–C) groups is 1. The summed E-state index contributed by atoms with van der Waals surface area (Å²) in [6.07, 6.45) is 9.36. The van der Waals surface area contributed by atoms with E-state index in [4.69, 9.17) is 41.9 Å². The van der Waals surface area contributed by atoms with E-state index in [-0.39, 0.29) is 31.2 Å². The van der Waals surface area contributed by atoms with Crippen LogP contribution in [0.15, 0.2) is 53.4 Å². The van der Waals surface area contributed by atoms with Crippen molar-refractivity contribution in [2.75, 3.05) is 18.5 Å². The van der Waals surface area contributed by atoms with Crippen molar-refractivity contribution in [3.8, 4) is 22.0 Å². The molecule has 1 aliphatic rings. The Morgan fingerprint density at radius 1 is 1.24 bits per heavy atom. The number of carbonyl (C=O) groups is 2. The highest BCUT2D eigenvalue weighted by atomic mass is 32.1. The molecule has 21 heteroatoms. The van der Waals surface area contributed by atoms with Gasteiger partial charge in [0.25, 0.3) is 5.91 Å². The SMILES string of the molecule is C.CCOC1CC(n2cc(NC(=O)c3csc(-c4cnn(COP(=O)(O)O)c4)n3)c(-c3ccccn3)n2)C1.NC(N)=NCCCC(N)C(=O)O. The molecule has 1 fully saturated rings. The molecule has 4 heterocycles. The summed E-state index contributed by atoms with van der Waals surface area (Å²) in [5.41, 5.74) is 17.8. The van der Waals surface area contributed by atoms with Crippen molar-refractivity contribution >= 4 is 42.7 Å². The number of hydrogen-bond acceptors (Lipinski definition) is 12. The van der Waals surface area contributed by atoms with E-state index >= 15 is 0 Å². The number of amides is 1. The first-order valence-corrected chi connectivity index (χ1v) is 17.4. The molecule has 1 unspecified atom stereocenters. The number of anilines is 1. The minimum atomic E-state index is -4.62. The van der Waals surface area contributed by atoms with E-state index in [1.54, 1.807) is 11.6 Å². The number of thiazole rings is 1. The van der Waals surface area contributed by atoms with Gasteiger partial charge in [-0.3, -0.25) is 28.8 Å². The molecule has 0 aromatic carbocycles. The number of aromatic nitrogens is 6. The van der Waals surface area contributed by atoms with E-state index < -0.39 is 32.5 Å². The lowest BCUT2D eigenvalue weighted by Crippen LogP contribution is -2.33. The van der Waals surface area contributed by atoms with Gasteiger partial charge in [-0.25, -0.2) is 14.2 Å². The molecule has 50 heavy (non-hydrogen) atoms. The molecule has 19 nitrogen and oxygen atoms in total. The second-order valence-electron chi connectivity index (χ2n) is 10.7. The number of nitrogens with one attached hydrogen (secondary N) is 1. The number of aliphatic carboxylic acids is 1. The molecule has 4 aromatic rings. The van der Waals surface area contributed by atoms with E-state index in [1.807, 2.05) is 36.0 Å². The number of carboxylic acid groups (broad SMARTS) is 1. The van der Waals surface area contributed by atoms with Crippen molar-refractivity contribution in [2.45, 2.75) is 65.0 Å². The highest BCUT2D eigenvalue weighted by Gasteiger charge is 2.32. The first kappa shape index (κ1) is 39.9. The second-order valence-corrected chi connectivity index (χ2v) is 12.8. The summed E-state index contributed by atoms with van der Waals surface area (Å²) in [6.45, 7) is 2.65. The molecule has 10 N–H and O–H groups in total. The number of pyridine rings is 1. The van der Waals surface area contributed by atoms with Crippen molar-refractivity contribution < 1.29 is 38.3 Å². The van der Waals surface area contributed by atoms with Gasteiger partial charge in [0, 0.05) is 42.7 Å². The maximum absolute atomic E-state index is 13.1. The molecule has 0 bridgehead atoms. The predicted octanol–water partition coefficient (Wildman–Crippen LogP) is 2.41. The number of rotatable bonds is 15. The Morgan fingerprint density at radius 2 is 2.00 bits per heavy atom. The Hall–Kier alpha value is -4.56. The number of carbonyl (C=O) groups excluding carboxylic acids is 1. The number of guanidine groups is 1. The third kappa shape index (κ3) is 11.8.